The van der Waals surface area contributed by atoms with E-state index in [9.17, 15) is 8.42 Å². The Bertz CT molecular complexity index is 323. The lowest BCUT2D eigenvalue weighted by Crippen LogP contribution is -2.16. The minimum atomic E-state index is -2.90. The van der Waals surface area contributed by atoms with E-state index >= 15 is 0 Å². The third kappa shape index (κ3) is 2.99. The molecule has 0 bridgehead atoms. The highest BCUT2D eigenvalue weighted by molar-refractivity contribution is 7.91. The van der Waals surface area contributed by atoms with Crippen molar-refractivity contribution in [3.63, 3.8) is 0 Å². The van der Waals surface area contributed by atoms with E-state index in [1.807, 2.05) is 12.2 Å². The van der Waals surface area contributed by atoms with Crippen LogP contribution < -0.4 is 0 Å². The summed E-state index contributed by atoms with van der Waals surface area (Å²) in [6.45, 7) is 2.08. The molecule has 0 aromatic heterocycles. The van der Waals surface area contributed by atoms with Crippen LogP contribution in [0.4, 0.5) is 0 Å². The summed E-state index contributed by atoms with van der Waals surface area (Å²) in [4.78, 5) is 0. The third-order valence-electron chi connectivity index (χ3n) is 2.34. The molecule has 13 heavy (non-hydrogen) atoms. The summed E-state index contributed by atoms with van der Waals surface area (Å²) in [5, 5.41) is -0.284. The minimum absolute atomic E-state index is 0.284. The fourth-order valence-corrected chi connectivity index (χ4v) is 2.38. The monoisotopic (exact) mass is 200 g/mol. The van der Waals surface area contributed by atoms with Crippen molar-refractivity contribution in [2.24, 2.45) is 0 Å². The number of sulfone groups is 1. The third-order valence-corrected chi connectivity index (χ3v) is 3.83. The Morgan fingerprint density at radius 1 is 1.54 bits per heavy atom. The van der Waals surface area contributed by atoms with Gasteiger partial charge in [0.2, 0.25) is 0 Å². The molecule has 1 aliphatic rings. The average Bonchev–Trinajstić information content (AvgIpc) is 2.26. The van der Waals surface area contributed by atoms with Crippen LogP contribution >= 0.6 is 0 Å². The van der Waals surface area contributed by atoms with Gasteiger partial charge >= 0.3 is 0 Å². The maximum absolute atomic E-state index is 11.3. The van der Waals surface area contributed by atoms with Crippen LogP contribution in [0.1, 0.15) is 26.2 Å². The van der Waals surface area contributed by atoms with E-state index in [0.717, 1.165) is 19.3 Å². The summed E-state index contributed by atoms with van der Waals surface area (Å²) >= 11 is 0. The first-order valence-corrected chi connectivity index (χ1v) is 6.55. The lowest BCUT2D eigenvalue weighted by Gasteiger charge is -2.06. The highest BCUT2D eigenvalue weighted by Crippen LogP contribution is 2.17. The lowest BCUT2D eigenvalue weighted by molar-refractivity contribution is 0.590. The van der Waals surface area contributed by atoms with Gasteiger partial charge in [0.25, 0.3) is 0 Å². The van der Waals surface area contributed by atoms with Gasteiger partial charge in [-0.15, -0.1) is 0 Å². The van der Waals surface area contributed by atoms with E-state index in [1.54, 1.807) is 0 Å². The van der Waals surface area contributed by atoms with Gasteiger partial charge in [0.05, 0.1) is 5.25 Å². The molecular weight excluding hydrogens is 184 g/mol. The van der Waals surface area contributed by atoms with Crippen molar-refractivity contribution in [3.8, 4) is 0 Å². The van der Waals surface area contributed by atoms with Gasteiger partial charge in [-0.2, -0.15) is 0 Å². The molecule has 74 valence electrons. The van der Waals surface area contributed by atoms with E-state index < -0.39 is 9.84 Å². The fraction of sp³-hybridized carbons (Fsp3) is 0.600. The van der Waals surface area contributed by atoms with Crippen molar-refractivity contribution in [1.29, 1.82) is 0 Å². The molecule has 0 aromatic carbocycles. The first kappa shape index (κ1) is 10.5. The molecule has 3 heteroatoms. The van der Waals surface area contributed by atoms with Gasteiger partial charge in [-0.1, -0.05) is 30.7 Å². The quantitative estimate of drug-likeness (QED) is 0.684. The topological polar surface area (TPSA) is 34.1 Å². The SMILES string of the molecule is CCC1=CCCC(S(C)(=O)=O)C=C1. The second-order valence-corrected chi connectivity index (χ2v) is 5.70. The molecule has 1 aliphatic carbocycles. The maximum Gasteiger partial charge on any atom is 0.153 e. The number of allylic oxidation sites excluding steroid dienone is 3. The summed E-state index contributed by atoms with van der Waals surface area (Å²) in [6, 6.07) is 0. The Morgan fingerprint density at radius 2 is 2.23 bits per heavy atom. The molecule has 0 saturated carbocycles. The summed E-state index contributed by atoms with van der Waals surface area (Å²) < 4.78 is 22.5. The van der Waals surface area contributed by atoms with Crippen molar-refractivity contribution < 1.29 is 8.42 Å². The molecule has 0 heterocycles. The average molecular weight is 200 g/mol. The first-order valence-electron chi connectivity index (χ1n) is 4.60. The standard InChI is InChI=1S/C10H16O2S/c1-3-9-5-4-6-10(8-7-9)13(2,11)12/h5,7-8,10H,3-4,6H2,1-2H3. The van der Waals surface area contributed by atoms with Crippen LogP contribution in [0.25, 0.3) is 0 Å². The zero-order chi connectivity index (χ0) is 9.90. The van der Waals surface area contributed by atoms with Crippen LogP contribution in [0.15, 0.2) is 23.8 Å². The fourth-order valence-electron chi connectivity index (χ4n) is 1.45. The zero-order valence-corrected chi connectivity index (χ0v) is 8.97. The van der Waals surface area contributed by atoms with Crippen LogP contribution in [0.3, 0.4) is 0 Å². The van der Waals surface area contributed by atoms with Gasteiger partial charge in [-0.3, -0.25) is 0 Å². The number of rotatable bonds is 2. The van der Waals surface area contributed by atoms with Gasteiger partial charge in [0.1, 0.15) is 0 Å². The van der Waals surface area contributed by atoms with Gasteiger partial charge < -0.3 is 0 Å². The molecule has 0 aliphatic heterocycles. The number of hydrogen-bond acceptors (Lipinski definition) is 2. The molecule has 0 aromatic rings. The lowest BCUT2D eigenvalue weighted by atomic mass is 10.2. The summed E-state index contributed by atoms with van der Waals surface area (Å²) in [5.41, 5.74) is 1.24. The van der Waals surface area contributed by atoms with E-state index in [4.69, 9.17) is 0 Å². The zero-order valence-electron chi connectivity index (χ0n) is 8.16. The van der Waals surface area contributed by atoms with Gasteiger partial charge in [0.15, 0.2) is 9.84 Å². The Morgan fingerprint density at radius 3 is 2.77 bits per heavy atom. The predicted octanol–water partition coefficient (Wildman–Crippen LogP) is 2.09. The van der Waals surface area contributed by atoms with Crippen molar-refractivity contribution in [3.05, 3.63) is 23.8 Å². The molecule has 1 unspecified atom stereocenters. The summed E-state index contributed by atoms with van der Waals surface area (Å²) in [6.07, 6.45) is 9.76. The number of hydrogen-bond donors (Lipinski definition) is 0. The van der Waals surface area contributed by atoms with E-state index in [1.165, 1.54) is 11.8 Å². The Labute approximate surface area is 80.3 Å². The van der Waals surface area contributed by atoms with Crippen molar-refractivity contribution in [1.82, 2.24) is 0 Å². The molecule has 0 saturated heterocycles. The normalized spacial score (nSPS) is 23.8. The molecule has 0 radical (unpaired) electrons. The van der Waals surface area contributed by atoms with E-state index in [0.29, 0.717) is 0 Å². The molecule has 0 spiro atoms. The molecule has 1 rings (SSSR count). The smallest absolute Gasteiger partial charge is 0.153 e. The maximum atomic E-state index is 11.3. The Hall–Kier alpha value is -0.570. The molecule has 0 fully saturated rings. The minimum Gasteiger partial charge on any atom is -0.229 e. The first-order chi connectivity index (χ1) is 6.04. The van der Waals surface area contributed by atoms with Gasteiger partial charge in [-0.05, 0) is 19.3 Å². The van der Waals surface area contributed by atoms with Crippen LogP contribution in [0.5, 0.6) is 0 Å². The molecule has 2 nitrogen and oxygen atoms in total. The highest BCUT2D eigenvalue weighted by Gasteiger charge is 2.17. The van der Waals surface area contributed by atoms with Gasteiger partial charge in [0, 0.05) is 6.26 Å². The Kier molecular flexibility index (Phi) is 3.31. The van der Waals surface area contributed by atoms with Crippen LogP contribution in [0.2, 0.25) is 0 Å². The largest absolute Gasteiger partial charge is 0.229 e. The van der Waals surface area contributed by atoms with Crippen molar-refractivity contribution in [2.45, 2.75) is 31.4 Å². The van der Waals surface area contributed by atoms with Crippen molar-refractivity contribution in [2.75, 3.05) is 6.26 Å². The van der Waals surface area contributed by atoms with Crippen LogP contribution in [0, 0.1) is 0 Å². The van der Waals surface area contributed by atoms with Gasteiger partial charge in [-0.25, -0.2) is 8.42 Å². The summed E-state index contributed by atoms with van der Waals surface area (Å²) in [5.74, 6) is 0. The van der Waals surface area contributed by atoms with Crippen LogP contribution in [-0.2, 0) is 9.84 Å². The molecule has 0 N–H and O–H groups in total. The molecule has 0 amide bonds. The van der Waals surface area contributed by atoms with Crippen molar-refractivity contribution >= 4 is 9.84 Å². The van der Waals surface area contributed by atoms with Crippen LogP contribution in [-0.4, -0.2) is 19.9 Å². The van der Waals surface area contributed by atoms with E-state index in [-0.39, 0.29) is 5.25 Å². The highest BCUT2D eigenvalue weighted by atomic mass is 32.2. The molecular formula is C10H16O2S. The second kappa shape index (κ2) is 4.09. The molecule has 1 atom stereocenters. The second-order valence-electron chi connectivity index (χ2n) is 3.44. The predicted molar refractivity (Wildman–Crippen MR) is 55.4 cm³/mol. The van der Waals surface area contributed by atoms with E-state index in [2.05, 4.69) is 13.0 Å². The Balaban J connectivity index is 2.79. The summed E-state index contributed by atoms with van der Waals surface area (Å²) in [7, 11) is -2.90.